The molecular weight excluding hydrogens is 432 g/mol. The maximum atomic E-state index is 9.92. The van der Waals surface area contributed by atoms with E-state index in [4.69, 9.17) is 9.47 Å². The molecule has 0 radical (unpaired) electrons. The van der Waals surface area contributed by atoms with E-state index in [2.05, 4.69) is 20.6 Å². The van der Waals surface area contributed by atoms with Crippen molar-refractivity contribution in [2.24, 2.45) is 0 Å². The van der Waals surface area contributed by atoms with Gasteiger partial charge in [-0.1, -0.05) is 36.4 Å². The molecule has 4 aromatic rings. The Morgan fingerprint density at radius 3 is 1.53 bits per heavy atom. The second-order valence-electron chi connectivity index (χ2n) is 7.88. The molecule has 8 nitrogen and oxygen atoms in total. The first-order valence-corrected chi connectivity index (χ1v) is 11.4. The van der Waals surface area contributed by atoms with Gasteiger partial charge in [-0.25, -0.2) is 9.97 Å². The lowest BCUT2D eigenvalue weighted by atomic mass is 10.2. The third kappa shape index (κ3) is 6.61. The summed E-state index contributed by atoms with van der Waals surface area (Å²) in [5.74, 6) is 0.395. The summed E-state index contributed by atoms with van der Waals surface area (Å²) in [4.78, 5) is 9.00. The lowest BCUT2D eigenvalue weighted by Gasteiger charge is -2.09. The average Bonchev–Trinajstić information content (AvgIpc) is 2.85. The largest absolute Gasteiger partial charge is 0.506 e. The Hall–Kier alpha value is -3.30. The molecule has 0 spiro atoms. The fourth-order valence-electron chi connectivity index (χ4n) is 3.58. The van der Waals surface area contributed by atoms with E-state index in [1.165, 1.54) is 0 Å². The molecule has 0 saturated heterocycles. The maximum absolute atomic E-state index is 9.92. The van der Waals surface area contributed by atoms with Crippen LogP contribution < -0.4 is 10.6 Å². The van der Waals surface area contributed by atoms with Crippen molar-refractivity contribution in [1.82, 2.24) is 20.6 Å². The fraction of sp³-hybridized carbons (Fsp3) is 0.308. The molecule has 0 unspecified atom stereocenters. The molecule has 2 aromatic heterocycles. The SMILES string of the molecule is Oc1cccc2ccc(CNCCOCCOCCNCc3ccc4cccc(O)c4n3)nc12. The summed E-state index contributed by atoms with van der Waals surface area (Å²) in [7, 11) is 0. The van der Waals surface area contributed by atoms with Crippen LogP contribution in [-0.4, -0.2) is 59.7 Å². The van der Waals surface area contributed by atoms with Crippen LogP contribution in [0.1, 0.15) is 11.4 Å². The summed E-state index contributed by atoms with van der Waals surface area (Å²) >= 11 is 0. The summed E-state index contributed by atoms with van der Waals surface area (Å²) in [6.07, 6.45) is 0. The smallest absolute Gasteiger partial charge is 0.141 e. The van der Waals surface area contributed by atoms with Crippen molar-refractivity contribution in [1.29, 1.82) is 0 Å². The Bertz CT molecular complexity index is 1120. The molecule has 4 N–H and O–H groups in total. The normalized spacial score (nSPS) is 11.4. The second kappa shape index (κ2) is 12.2. The minimum absolute atomic E-state index is 0.198. The highest BCUT2D eigenvalue weighted by molar-refractivity contribution is 5.84. The Kier molecular flexibility index (Phi) is 8.59. The van der Waals surface area contributed by atoms with Gasteiger partial charge in [0.15, 0.2) is 0 Å². The lowest BCUT2D eigenvalue weighted by Crippen LogP contribution is -2.22. The average molecular weight is 463 g/mol. The number of phenols is 2. The van der Waals surface area contributed by atoms with Crippen LogP contribution in [0.2, 0.25) is 0 Å². The monoisotopic (exact) mass is 462 g/mol. The number of aromatic hydroxyl groups is 2. The zero-order chi connectivity index (χ0) is 23.6. The summed E-state index contributed by atoms with van der Waals surface area (Å²) < 4.78 is 11.2. The first-order valence-electron chi connectivity index (χ1n) is 11.4. The Morgan fingerprint density at radius 1 is 0.588 bits per heavy atom. The predicted octanol–water partition coefficient (Wildman–Crippen LogP) is 3.11. The number of nitrogens with one attached hydrogen (secondary N) is 2. The fourth-order valence-corrected chi connectivity index (χ4v) is 3.58. The van der Waals surface area contributed by atoms with Crippen LogP contribution in [0.25, 0.3) is 21.8 Å². The molecule has 2 aromatic carbocycles. The van der Waals surface area contributed by atoms with Crippen LogP contribution in [0.3, 0.4) is 0 Å². The van der Waals surface area contributed by atoms with Crippen LogP contribution >= 0.6 is 0 Å². The van der Waals surface area contributed by atoms with Gasteiger partial charge in [0.1, 0.15) is 22.5 Å². The maximum Gasteiger partial charge on any atom is 0.141 e. The molecule has 0 bridgehead atoms. The van der Waals surface area contributed by atoms with Gasteiger partial charge in [0, 0.05) is 37.0 Å². The van der Waals surface area contributed by atoms with Crippen molar-refractivity contribution < 1.29 is 19.7 Å². The molecule has 0 atom stereocenters. The van der Waals surface area contributed by atoms with E-state index < -0.39 is 0 Å². The molecular formula is C26H30N4O4. The molecule has 34 heavy (non-hydrogen) atoms. The van der Waals surface area contributed by atoms with Gasteiger partial charge in [-0.2, -0.15) is 0 Å². The topological polar surface area (TPSA) is 109 Å². The lowest BCUT2D eigenvalue weighted by molar-refractivity contribution is 0.0497. The first kappa shape index (κ1) is 23.8. The quantitative estimate of drug-likeness (QED) is 0.225. The minimum atomic E-state index is 0.198. The number of ether oxygens (including phenoxy) is 2. The molecule has 178 valence electrons. The van der Waals surface area contributed by atoms with Gasteiger partial charge in [0.05, 0.1) is 37.8 Å². The third-order valence-electron chi connectivity index (χ3n) is 5.34. The van der Waals surface area contributed by atoms with Crippen LogP contribution in [0.15, 0.2) is 60.7 Å². The van der Waals surface area contributed by atoms with E-state index in [1.807, 2.05) is 48.5 Å². The van der Waals surface area contributed by atoms with Gasteiger partial charge in [-0.15, -0.1) is 0 Å². The highest BCUT2D eigenvalue weighted by Gasteiger charge is 2.04. The van der Waals surface area contributed by atoms with E-state index in [9.17, 15) is 10.2 Å². The number of nitrogens with zero attached hydrogens (tertiary/aromatic N) is 2. The molecule has 2 heterocycles. The molecule has 0 fully saturated rings. The number of hydrogen-bond acceptors (Lipinski definition) is 8. The van der Waals surface area contributed by atoms with Crippen LogP contribution in [0.5, 0.6) is 11.5 Å². The first-order chi connectivity index (χ1) is 16.7. The van der Waals surface area contributed by atoms with Gasteiger partial charge in [0.2, 0.25) is 0 Å². The van der Waals surface area contributed by atoms with Gasteiger partial charge >= 0.3 is 0 Å². The summed E-state index contributed by atoms with van der Waals surface area (Å²) in [6.45, 7) is 4.88. The van der Waals surface area contributed by atoms with Crippen molar-refractivity contribution in [3.05, 3.63) is 72.1 Å². The zero-order valence-electron chi connectivity index (χ0n) is 19.0. The number of fused-ring (bicyclic) bond motifs is 2. The van der Waals surface area contributed by atoms with Crippen molar-refractivity contribution >= 4 is 21.8 Å². The van der Waals surface area contributed by atoms with Gasteiger partial charge in [-0.05, 0) is 24.3 Å². The number of phenolic OH excluding ortho intramolecular Hbond substituents is 2. The van der Waals surface area contributed by atoms with E-state index >= 15 is 0 Å². The standard InChI is InChI=1S/C26H30N4O4/c31-23-5-1-3-19-7-9-21(29-25(19)23)17-27-11-13-33-15-16-34-14-12-28-18-22-10-8-20-4-2-6-24(32)26(20)30-22/h1-10,27-28,31-32H,11-18H2. The number of pyridine rings is 2. The zero-order valence-corrected chi connectivity index (χ0v) is 19.0. The van der Waals surface area contributed by atoms with E-state index in [0.29, 0.717) is 63.6 Å². The van der Waals surface area contributed by atoms with E-state index in [1.54, 1.807) is 12.1 Å². The predicted molar refractivity (Wildman–Crippen MR) is 132 cm³/mol. The molecule has 0 aliphatic rings. The van der Waals surface area contributed by atoms with E-state index in [0.717, 1.165) is 22.2 Å². The second-order valence-corrected chi connectivity index (χ2v) is 7.88. The van der Waals surface area contributed by atoms with Gasteiger partial charge < -0.3 is 30.3 Å². The Morgan fingerprint density at radius 2 is 1.06 bits per heavy atom. The minimum Gasteiger partial charge on any atom is -0.506 e. The highest BCUT2D eigenvalue weighted by atomic mass is 16.5. The van der Waals surface area contributed by atoms with Crippen LogP contribution in [0, 0.1) is 0 Å². The molecule has 0 aliphatic carbocycles. The number of para-hydroxylation sites is 2. The molecule has 0 amide bonds. The number of benzene rings is 2. The Labute approximate surface area is 198 Å². The molecule has 0 aliphatic heterocycles. The van der Waals surface area contributed by atoms with Crippen LogP contribution in [0.4, 0.5) is 0 Å². The highest BCUT2D eigenvalue weighted by Crippen LogP contribution is 2.23. The summed E-state index contributed by atoms with van der Waals surface area (Å²) in [5.41, 5.74) is 3.00. The van der Waals surface area contributed by atoms with Crippen molar-refractivity contribution in [2.45, 2.75) is 13.1 Å². The van der Waals surface area contributed by atoms with Crippen molar-refractivity contribution in [2.75, 3.05) is 39.5 Å². The van der Waals surface area contributed by atoms with Crippen LogP contribution in [-0.2, 0) is 22.6 Å². The Balaban J connectivity index is 1.02. The van der Waals surface area contributed by atoms with Gasteiger partial charge in [0.25, 0.3) is 0 Å². The third-order valence-corrected chi connectivity index (χ3v) is 5.34. The number of aromatic nitrogens is 2. The van der Waals surface area contributed by atoms with Crippen molar-refractivity contribution in [3.8, 4) is 11.5 Å². The summed E-state index contributed by atoms with van der Waals surface area (Å²) in [6, 6.07) is 18.6. The number of hydrogen-bond donors (Lipinski definition) is 4. The van der Waals surface area contributed by atoms with E-state index in [-0.39, 0.29) is 11.5 Å². The molecule has 0 saturated carbocycles. The molecule has 8 heteroatoms. The van der Waals surface area contributed by atoms with Gasteiger partial charge in [-0.3, -0.25) is 0 Å². The van der Waals surface area contributed by atoms with Crippen molar-refractivity contribution in [3.63, 3.8) is 0 Å². The number of rotatable bonds is 13. The summed E-state index contributed by atoms with van der Waals surface area (Å²) in [5, 5.41) is 28.3. The molecule has 4 rings (SSSR count).